The number of benzene rings is 2. The van der Waals surface area contributed by atoms with E-state index in [1.165, 1.54) is 35.5 Å². The molecule has 2 aromatic heterocycles. The molecule has 4 aromatic rings. The number of halogens is 2. The van der Waals surface area contributed by atoms with Crippen molar-refractivity contribution in [2.24, 2.45) is 0 Å². The Hall–Kier alpha value is -2.66. The highest BCUT2D eigenvalue weighted by Gasteiger charge is 2.40. The van der Waals surface area contributed by atoms with Crippen molar-refractivity contribution in [3.05, 3.63) is 65.2 Å². The monoisotopic (exact) mass is 756 g/mol. The van der Waals surface area contributed by atoms with E-state index in [0.717, 1.165) is 79.8 Å². The fraction of sp³-hybridized carbons (Fsp3) is 0.353. The predicted octanol–water partition coefficient (Wildman–Crippen LogP) is 10.7. The summed E-state index contributed by atoms with van der Waals surface area (Å²) in [7, 11) is 0. The summed E-state index contributed by atoms with van der Waals surface area (Å²) in [6.07, 6.45) is 10.7. The quantitative estimate of drug-likeness (QED) is 0.0812. The third kappa shape index (κ3) is 5.63. The molecule has 0 spiro atoms. The fourth-order valence-electron chi connectivity index (χ4n) is 6.05. The first-order valence-electron chi connectivity index (χ1n) is 15.0. The SMILES string of the molecule is CCCCCCc1cc(-c2cc3c4c(c(-c5cc(CCCCCC)c(Br)s5)cc5c4c2C(=O)OC5=O)C(=O)OC3=O)sc1Br. The third-order valence-corrected chi connectivity index (χ3v) is 12.3. The second kappa shape index (κ2) is 13.0. The number of hydrogen-bond donors (Lipinski definition) is 0. The summed E-state index contributed by atoms with van der Waals surface area (Å²) < 4.78 is 12.5. The van der Waals surface area contributed by atoms with Crippen LogP contribution in [0.3, 0.4) is 0 Å². The number of thiophene rings is 2. The normalized spacial score (nSPS) is 14.0. The average Bonchev–Trinajstić information content (AvgIpc) is 3.55. The molecule has 10 heteroatoms. The molecule has 44 heavy (non-hydrogen) atoms. The molecule has 0 atom stereocenters. The van der Waals surface area contributed by atoms with E-state index in [-0.39, 0.29) is 33.0 Å². The Kier molecular flexibility index (Phi) is 9.25. The van der Waals surface area contributed by atoms with Gasteiger partial charge >= 0.3 is 23.9 Å². The van der Waals surface area contributed by atoms with Crippen molar-refractivity contribution in [3.63, 3.8) is 0 Å². The maximum Gasteiger partial charge on any atom is 0.347 e. The van der Waals surface area contributed by atoms with Crippen LogP contribution in [0.1, 0.15) is 118 Å². The number of carbonyl (C=O) groups is 4. The first-order chi connectivity index (χ1) is 21.2. The number of ether oxygens (including phenoxy) is 2. The lowest BCUT2D eigenvalue weighted by atomic mass is 9.83. The molecule has 2 aromatic carbocycles. The molecule has 0 fully saturated rings. The minimum Gasteiger partial charge on any atom is -0.386 e. The van der Waals surface area contributed by atoms with Gasteiger partial charge in [-0.05, 0) is 92.9 Å². The first-order valence-corrected chi connectivity index (χ1v) is 18.2. The Morgan fingerprint density at radius 1 is 0.545 bits per heavy atom. The van der Waals surface area contributed by atoms with Gasteiger partial charge in [-0.15, -0.1) is 22.7 Å². The summed E-state index contributed by atoms with van der Waals surface area (Å²) in [5.41, 5.74) is 3.87. The molecule has 0 unspecified atom stereocenters. The van der Waals surface area contributed by atoms with E-state index < -0.39 is 23.9 Å². The molecule has 0 bridgehead atoms. The van der Waals surface area contributed by atoms with Crippen molar-refractivity contribution in [3.8, 4) is 20.9 Å². The summed E-state index contributed by atoms with van der Waals surface area (Å²) in [5.74, 6) is -3.19. The summed E-state index contributed by atoms with van der Waals surface area (Å²) >= 11 is 10.3. The molecular formula is C34H30Br2O6S2. The zero-order chi connectivity index (χ0) is 31.1. The molecule has 0 saturated heterocycles. The van der Waals surface area contributed by atoms with Gasteiger partial charge in [-0.3, -0.25) is 0 Å². The molecule has 4 heterocycles. The summed E-state index contributed by atoms with van der Waals surface area (Å²) in [5, 5.41) is 0.541. The molecular weight excluding hydrogens is 728 g/mol. The highest BCUT2D eigenvalue weighted by molar-refractivity contribution is 9.11. The van der Waals surface area contributed by atoms with E-state index in [9.17, 15) is 19.2 Å². The molecule has 2 aliphatic heterocycles. The summed E-state index contributed by atoms with van der Waals surface area (Å²) in [4.78, 5) is 54.8. The zero-order valence-corrected chi connectivity index (χ0v) is 29.2. The molecule has 228 valence electrons. The van der Waals surface area contributed by atoms with Gasteiger partial charge in [0, 0.05) is 31.7 Å². The Bertz CT molecular complexity index is 1720. The van der Waals surface area contributed by atoms with E-state index in [1.54, 1.807) is 12.1 Å². The smallest absolute Gasteiger partial charge is 0.347 e. The van der Waals surface area contributed by atoms with E-state index in [0.29, 0.717) is 11.1 Å². The minimum atomic E-state index is -0.802. The standard InChI is InChI=1S/C34H30Br2O6S2/c1-3-5-7-9-11-17-13-23(43-29(17)35)19-15-21-26-25-22(32(38)41-33(39)27(19)25)16-20(28(26)34(40)42-31(21)37)24-14-18(30(36)44-24)12-10-8-6-4-2/h13-16H,3-12H2,1-2H3. The van der Waals surface area contributed by atoms with Gasteiger partial charge in [0.05, 0.1) is 29.8 Å². The van der Waals surface area contributed by atoms with E-state index in [2.05, 4.69) is 45.7 Å². The number of cyclic esters (lactones) is 4. The van der Waals surface area contributed by atoms with Gasteiger partial charge < -0.3 is 9.47 Å². The predicted molar refractivity (Wildman–Crippen MR) is 181 cm³/mol. The van der Waals surface area contributed by atoms with Crippen molar-refractivity contribution in [2.45, 2.75) is 78.1 Å². The van der Waals surface area contributed by atoms with Crippen LogP contribution in [0.5, 0.6) is 0 Å². The second-order valence-corrected chi connectivity index (χ2v) is 16.0. The Balaban J connectivity index is 1.54. The van der Waals surface area contributed by atoms with Crippen molar-refractivity contribution < 1.29 is 28.7 Å². The lowest BCUT2D eigenvalue weighted by Gasteiger charge is -2.25. The number of esters is 4. The molecule has 0 aliphatic carbocycles. The van der Waals surface area contributed by atoms with Crippen LogP contribution in [0, 0.1) is 0 Å². The molecule has 6 nitrogen and oxygen atoms in total. The van der Waals surface area contributed by atoms with Crippen molar-refractivity contribution in [1.82, 2.24) is 0 Å². The Morgan fingerprint density at radius 3 is 1.34 bits per heavy atom. The minimum absolute atomic E-state index is 0.156. The van der Waals surface area contributed by atoms with Crippen molar-refractivity contribution in [1.29, 1.82) is 0 Å². The maximum atomic E-state index is 13.4. The van der Waals surface area contributed by atoms with Gasteiger partial charge in [-0.2, -0.15) is 0 Å². The second-order valence-electron chi connectivity index (χ2n) is 11.2. The number of hydrogen-bond acceptors (Lipinski definition) is 8. The van der Waals surface area contributed by atoms with E-state index in [4.69, 9.17) is 9.47 Å². The molecule has 0 radical (unpaired) electrons. The maximum absolute atomic E-state index is 13.4. The van der Waals surface area contributed by atoms with Crippen molar-refractivity contribution >= 4 is 89.2 Å². The lowest BCUT2D eigenvalue weighted by Crippen LogP contribution is -2.26. The van der Waals surface area contributed by atoms with Gasteiger partial charge in [0.1, 0.15) is 0 Å². The van der Waals surface area contributed by atoms with Crippen LogP contribution in [0.4, 0.5) is 0 Å². The average molecular weight is 759 g/mol. The zero-order valence-electron chi connectivity index (χ0n) is 24.4. The van der Waals surface area contributed by atoms with Crippen LogP contribution >= 0.6 is 54.5 Å². The Morgan fingerprint density at radius 2 is 0.955 bits per heavy atom. The first kappa shape index (κ1) is 31.3. The molecule has 0 N–H and O–H groups in total. The van der Waals surface area contributed by atoms with Gasteiger partial charge in [0.2, 0.25) is 0 Å². The highest BCUT2D eigenvalue weighted by atomic mass is 79.9. The van der Waals surface area contributed by atoms with Crippen molar-refractivity contribution in [2.75, 3.05) is 0 Å². The number of unbranched alkanes of at least 4 members (excludes halogenated alkanes) is 6. The topological polar surface area (TPSA) is 86.7 Å². The van der Waals surface area contributed by atoms with Crippen LogP contribution < -0.4 is 0 Å². The van der Waals surface area contributed by atoms with Crippen LogP contribution in [-0.2, 0) is 22.3 Å². The van der Waals surface area contributed by atoms with Gasteiger partial charge in [0.15, 0.2) is 0 Å². The molecule has 6 rings (SSSR count). The molecule has 2 aliphatic rings. The van der Waals surface area contributed by atoms with Gasteiger partial charge in [-0.25, -0.2) is 19.2 Å². The van der Waals surface area contributed by atoms with Crippen LogP contribution in [0.25, 0.3) is 31.7 Å². The lowest BCUT2D eigenvalue weighted by molar-refractivity contribution is 0.0366. The summed E-state index contributed by atoms with van der Waals surface area (Å²) in [6, 6.07) is 7.27. The largest absolute Gasteiger partial charge is 0.386 e. The summed E-state index contributed by atoms with van der Waals surface area (Å²) in [6.45, 7) is 4.35. The van der Waals surface area contributed by atoms with Crippen LogP contribution in [0.2, 0.25) is 0 Å². The fourth-order valence-corrected chi connectivity index (χ4v) is 9.64. The van der Waals surface area contributed by atoms with Crippen LogP contribution in [0.15, 0.2) is 31.8 Å². The van der Waals surface area contributed by atoms with E-state index in [1.807, 2.05) is 12.1 Å². The van der Waals surface area contributed by atoms with Gasteiger partial charge in [0.25, 0.3) is 0 Å². The highest BCUT2D eigenvalue weighted by Crippen LogP contribution is 2.48. The molecule has 0 amide bonds. The van der Waals surface area contributed by atoms with E-state index >= 15 is 0 Å². The number of aryl methyl sites for hydroxylation is 2. The number of carbonyl (C=O) groups excluding carboxylic acids is 4. The van der Waals surface area contributed by atoms with Crippen LogP contribution in [-0.4, -0.2) is 23.9 Å². The van der Waals surface area contributed by atoms with Gasteiger partial charge in [-0.1, -0.05) is 52.4 Å². The third-order valence-electron chi connectivity index (χ3n) is 8.27. The Labute approximate surface area is 280 Å². The number of rotatable bonds is 12. The molecule has 0 saturated carbocycles.